The first kappa shape index (κ1) is 19.0. The largest absolute Gasteiger partial charge is 0.135 e. The third-order valence-corrected chi connectivity index (χ3v) is 6.23. The van der Waals surface area contributed by atoms with Gasteiger partial charge in [0, 0.05) is 9.89 Å². The van der Waals surface area contributed by atoms with Crippen LogP contribution in [0.2, 0.25) is 19.6 Å². The van der Waals surface area contributed by atoms with Gasteiger partial charge in [-0.3, -0.25) is 0 Å². The SMILES string of the molecule is C#C[Si](C)(C)C.CCC1(CC)c2ccccc2-c2ccc(Br)cc21. The van der Waals surface area contributed by atoms with Crippen molar-refractivity contribution < 1.29 is 0 Å². The molecule has 0 N–H and O–H groups in total. The summed E-state index contributed by atoms with van der Waals surface area (Å²) in [6, 6.07) is 15.6. The standard InChI is InChI=1S/C17H17Br.C5H10Si/c1-3-17(4-2)15-8-6-5-7-13(15)14-10-9-12(18)11-16(14)17;1-5-6(2,3)4/h5-11H,3-4H2,1-2H3;1H,2-4H3. The maximum Gasteiger partial charge on any atom is 0.128 e. The zero-order chi connectivity index (χ0) is 18.0. The minimum atomic E-state index is -1.10. The summed E-state index contributed by atoms with van der Waals surface area (Å²) in [5, 5.41) is 0. The number of halogens is 1. The van der Waals surface area contributed by atoms with Crippen molar-refractivity contribution in [3.05, 3.63) is 58.1 Å². The van der Waals surface area contributed by atoms with Gasteiger partial charge >= 0.3 is 0 Å². The Kier molecular flexibility index (Phi) is 5.78. The third kappa shape index (κ3) is 3.53. The summed E-state index contributed by atoms with van der Waals surface area (Å²) in [6.45, 7) is 11.0. The lowest BCUT2D eigenvalue weighted by atomic mass is 9.74. The van der Waals surface area contributed by atoms with Crippen molar-refractivity contribution in [1.29, 1.82) is 0 Å². The molecule has 0 bridgehead atoms. The Bertz CT molecular complexity index is 758. The molecule has 0 spiro atoms. The van der Waals surface area contributed by atoms with Crippen molar-refractivity contribution in [1.82, 2.24) is 0 Å². The fourth-order valence-electron chi connectivity index (χ4n) is 3.44. The number of hydrogen-bond acceptors (Lipinski definition) is 0. The molecule has 24 heavy (non-hydrogen) atoms. The molecule has 2 heteroatoms. The van der Waals surface area contributed by atoms with Crippen LogP contribution in [0.4, 0.5) is 0 Å². The highest BCUT2D eigenvalue weighted by atomic mass is 79.9. The van der Waals surface area contributed by atoms with Crippen LogP contribution in [-0.4, -0.2) is 8.07 Å². The van der Waals surface area contributed by atoms with Crippen LogP contribution >= 0.6 is 15.9 Å². The van der Waals surface area contributed by atoms with Crippen LogP contribution in [-0.2, 0) is 5.41 Å². The van der Waals surface area contributed by atoms with Crippen LogP contribution in [0.25, 0.3) is 11.1 Å². The fourth-order valence-corrected chi connectivity index (χ4v) is 3.80. The van der Waals surface area contributed by atoms with E-state index in [1.54, 1.807) is 0 Å². The second kappa shape index (κ2) is 7.29. The molecule has 0 saturated heterocycles. The number of benzene rings is 2. The molecule has 0 atom stereocenters. The van der Waals surface area contributed by atoms with E-state index < -0.39 is 8.07 Å². The van der Waals surface area contributed by atoms with Crippen LogP contribution in [0, 0.1) is 12.0 Å². The first-order valence-corrected chi connectivity index (χ1v) is 13.0. The van der Waals surface area contributed by atoms with Crippen LogP contribution in [0.1, 0.15) is 37.8 Å². The van der Waals surface area contributed by atoms with Gasteiger partial charge in [0.05, 0.1) is 0 Å². The van der Waals surface area contributed by atoms with Crippen molar-refractivity contribution in [3.8, 4) is 23.1 Å². The van der Waals surface area contributed by atoms with E-state index in [0.29, 0.717) is 0 Å². The Labute approximate surface area is 156 Å². The van der Waals surface area contributed by atoms with Gasteiger partial charge < -0.3 is 0 Å². The molecule has 0 unspecified atom stereocenters. The van der Waals surface area contributed by atoms with Gasteiger partial charge in [0.1, 0.15) is 8.07 Å². The summed E-state index contributed by atoms with van der Waals surface area (Å²) in [5.74, 6) is 0. The number of fused-ring (bicyclic) bond motifs is 3. The molecular weight excluding hydrogens is 372 g/mol. The first-order valence-electron chi connectivity index (χ1n) is 8.66. The monoisotopic (exact) mass is 398 g/mol. The van der Waals surface area contributed by atoms with E-state index in [9.17, 15) is 0 Å². The second-order valence-electron chi connectivity index (χ2n) is 7.42. The molecule has 0 radical (unpaired) electrons. The number of hydrogen-bond donors (Lipinski definition) is 0. The summed E-state index contributed by atoms with van der Waals surface area (Å²) in [6.07, 6.45) is 7.43. The Balaban J connectivity index is 0.000000301. The van der Waals surface area contributed by atoms with Gasteiger partial charge in [-0.05, 0) is 47.2 Å². The molecular formula is C22H27BrSi. The lowest BCUT2D eigenvalue weighted by molar-refractivity contribution is 0.490. The van der Waals surface area contributed by atoms with E-state index >= 15 is 0 Å². The molecule has 126 valence electrons. The van der Waals surface area contributed by atoms with Crippen LogP contribution < -0.4 is 0 Å². The molecule has 0 heterocycles. The average Bonchev–Trinajstić information content (AvgIpc) is 2.84. The predicted molar refractivity (Wildman–Crippen MR) is 113 cm³/mol. The predicted octanol–water partition coefficient (Wildman–Crippen LogP) is 7.03. The van der Waals surface area contributed by atoms with Crippen LogP contribution in [0.15, 0.2) is 46.9 Å². The minimum absolute atomic E-state index is 0.204. The van der Waals surface area contributed by atoms with Crippen molar-refractivity contribution in [3.63, 3.8) is 0 Å². The lowest BCUT2D eigenvalue weighted by Crippen LogP contribution is -2.22. The molecule has 0 fully saturated rings. The second-order valence-corrected chi connectivity index (χ2v) is 13.1. The molecule has 0 nitrogen and oxygen atoms in total. The molecule has 3 rings (SSSR count). The summed E-state index contributed by atoms with van der Waals surface area (Å²) in [5.41, 5.74) is 8.77. The zero-order valence-corrected chi connectivity index (χ0v) is 18.0. The topological polar surface area (TPSA) is 0 Å². The molecule has 1 aliphatic rings. The average molecular weight is 399 g/mol. The zero-order valence-electron chi connectivity index (χ0n) is 15.4. The number of rotatable bonds is 2. The van der Waals surface area contributed by atoms with E-state index in [-0.39, 0.29) is 5.41 Å². The molecule has 0 aromatic heterocycles. The van der Waals surface area contributed by atoms with E-state index in [0.717, 1.165) is 12.8 Å². The van der Waals surface area contributed by atoms with Gasteiger partial charge in [0.2, 0.25) is 0 Å². The molecule has 0 saturated carbocycles. The van der Waals surface area contributed by atoms with Crippen molar-refractivity contribution in [2.24, 2.45) is 0 Å². The molecule has 2 aromatic rings. The first-order chi connectivity index (χ1) is 11.3. The maximum atomic E-state index is 5.12. The van der Waals surface area contributed by atoms with E-state index in [2.05, 4.69) is 97.4 Å². The lowest BCUT2D eigenvalue weighted by Gasteiger charge is -2.29. The summed E-state index contributed by atoms with van der Waals surface area (Å²) >= 11 is 3.62. The molecule has 0 aliphatic heterocycles. The van der Waals surface area contributed by atoms with E-state index in [1.807, 2.05) is 0 Å². The Morgan fingerprint density at radius 3 is 2.04 bits per heavy atom. The van der Waals surface area contributed by atoms with Gasteiger partial charge in [0.25, 0.3) is 0 Å². The summed E-state index contributed by atoms with van der Waals surface area (Å²) < 4.78 is 1.18. The quantitative estimate of drug-likeness (QED) is 0.376. The highest BCUT2D eigenvalue weighted by Gasteiger charge is 2.40. The van der Waals surface area contributed by atoms with Crippen molar-refractivity contribution in [2.45, 2.75) is 51.7 Å². The smallest absolute Gasteiger partial charge is 0.128 e. The maximum absolute atomic E-state index is 5.12. The number of terminal acetylenes is 1. The van der Waals surface area contributed by atoms with Crippen LogP contribution in [0.5, 0.6) is 0 Å². The van der Waals surface area contributed by atoms with Gasteiger partial charge in [-0.2, -0.15) is 0 Å². The highest BCUT2D eigenvalue weighted by Crippen LogP contribution is 2.52. The van der Waals surface area contributed by atoms with Gasteiger partial charge in [-0.25, -0.2) is 0 Å². The summed E-state index contributed by atoms with van der Waals surface area (Å²) in [4.78, 5) is 0. The van der Waals surface area contributed by atoms with Crippen molar-refractivity contribution >= 4 is 24.0 Å². The Morgan fingerprint density at radius 1 is 0.958 bits per heavy atom. The molecule has 2 aromatic carbocycles. The van der Waals surface area contributed by atoms with Crippen LogP contribution in [0.3, 0.4) is 0 Å². The fraction of sp³-hybridized carbons (Fsp3) is 0.364. The van der Waals surface area contributed by atoms with Crippen molar-refractivity contribution in [2.75, 3.05) is 0 Å². The van der Waals surface area contributed by atoms with Gasteiger partial charge in [-0.15, -0.1) is 12.0 Å². The highest BCUT2D eigenvalue weighted by molar-refractivity contribution is 9.10. The van der Waals surface area contributed by atoms with E-state index in [4.69, 9.17) is 6.42 Å². The normalized spacial score (nSPS) is 14.0. The van der Waals surface area contributed by atoms with Gasteiger partial charge in [-0.1, -0.05) is 79.8 Å². The van der Waals surface area contributed by atoms with Gasteiger partial charge in [0.15, 0.2) is 0 Å². The van der Waals surface area contributed by atoms with E-state index in [1.165, 1.54) is 26.7 Å². The third-order valence-electron chi connectivity index (χ3n) is 4.87. The summed E-state index contributed by atoms with van der Waals surface area (Å²) in [7, 11) is -1.10. The Morgan fingerprint density at radius 2 is 1.50 bits per heavy atom. The Hall–Kier alpha value is -1.30. The molecule has 0 amide bonds. The minimum Gasteiger partial charge on any atom is -0.135 e. The molecule has 1 aliphatic carbocycles.